The molecule has 0 bridgehead atoms. The molecule has 1 aliphatic heterocycles. The van der Waals surface area contributed by atoms with E-state index in [1.54, 1.807) is 31.3 Å². The molecule has 1 fully saturated rings. The van der Waals surface area contributed by atoms with Crippen LogP contribution in [0.15, 0.2) is 35.3 Å². The van der Waals surface area contributed by atoms with Crippen molar-refractivity contribution in [3.05, 3.63) is 51.0 Å². The fraction of sp³-hybridized carbons (Fsp3) is 0.318. The summed E-state index contributed by atoms with van der Waals surface area (Å²) >= 11 is 12.3. The largest absolute Gasteiger partial charge is 0.480 e. The molecule has 1 atom stereocenters. The van der Waals surface area contributed by atoms with Crippen molar-refractivity contribution >= 4 is 56.9 Å². The molecule has 34 heavy (non-hydrogen) atoms. The van der Waals surface area contributed by atoms with E-state index in [-0.39, 0.29) is 22.5 Å². The third-order valence-corrected chi connectivity index (χ3v) is 6.74. The number of nitrogens with zero attached hydrogens (tertiary/aromatic N) is 4. The van der Waals surface area contributed by atoms with Gasteiger partial charge in [-0.25, -0.2) is 13.8 Å². The molecule has 0 spiro atoms. The van der Waals surface area contributed by atoms with Crippen molar-refractivity contribution in [1.82, 2.24) is 19.2 Å². The first-order chi connectivity index (χ1) is 16.2. The highest BCUT2D eigenvalue weighted by Crippen LogP contribution is 2.45. The summed E-state index contributed by atoms with van der Waals surface area (Å²) in [4.78, 5) is 17.1. The first-order valence-electron chi connectivity index (χ1n) is 10.6. The maximum Gasteiger partial charge on any atom is 0.301 e. The van der Waals surface area contributed by atoms with Crippen molar-refractivity contribution in [3.63, 3.8) is 0 Å². The number of hydrogen-bond donors (Lipinski definition) is 2. The van der Waals surface area contributed by atoms with E-state index in [0.717, 1.165) is 0 Å². The second-order valence-electron chi connectivity index (χ2n) is 8.63. The maximum atomic E-state index is 14.8. The van der Waals surface area contributed by atoms with Crippen LogP contribution >= 0.6 is 23.2 Å². The molecular formula is C22H18Cl2F2N6O2. The quantitative estimate of drug-likeness (QED) is 0.386. The van der Waals surface area contributed by atoms with Crippen molar-refractivity contribution < 1.29 is 13.5 Å². The molecule has 2 aliphatic rings. The van der Waals surface area contributed by atoms with Gasteiger partial charge in [-0.3, -0.25) is 4.79 Å². The van der Waals surface area contributed by atoms with Crippen LogP contribution in [-0.4, -0.2) is 37.7 Å². The van der Waals surface area contributed by atoms with Gasteiger partial charge in [0.15, 0.2) is 12.3 Å². The Kier molecular flexibility index (Phi) is 4.69. The molecule has 0 amide bonds. The van der Waals surface area contributed by atoms with E-state index in [9.17, 15) is 13.6 Å². The minimum absolute atomic E-state index is 0.108. The molecule has 12 heteroatoms. The van der Waals surface area contributed by atoms with E-state index in [4.69, 9.17) is 27.9 Å². The second-order valence-corrected chi connectivity index (χ2v) is 9.42. The fourth-order valence-corrected chi connectivity index (χ4v) is 4.78. The Hall–Kier alpha value is -3.11. The fourth-order valence-electron chi connectivity index (χ4n) is 4.43. The number of aromatic nitrogens is 4. The van der Waals surface area contributed by atoms with Crippen molar-refractivity contribution in [2.24, 2.45) is 13.0 Å². The van der Waals surface area contributed by atoms with Gasteiger partial charge in [-0.2, -0.15) is 9.61 Å². The van der Waals surface area contributed by atoms with Crippen molar-refractivity contribution in [3.8, 4) is 5.75 Å². The zero-order valence-corrected chi connectivity index (χ0v) is 19.3. The molecule has 176 valence electrons. The average molecular weight is 507 g/mol. The highest BCUT2D eigenvalue weighted by molar-refractivity contribution is 6.34. The number of benzene rings is 1. The van der Waals surface area contributed by atoms with Gasteiger partial charge in [0, 0.05) is 24.2 Å². The lowest BCUT2D eigenvalue weighted by molar-refractivity contribution is -0.0579. The number of hydrogen-bond acceptors (Lipinski definition) is 6. The summed E-state index contributed by atoms with van der Waals surface area (Å²) in [5, 5.41) is 11.6. The van der Waals surface area contributed by atoms with Gasteiger partial charge in [0.2, 0.25) is 5.75 Å². The molecular weight excluding hydrogens is 489 g/mol. The third kappa shape index (κ3) is 3.35. The Bertz CT molecular complexity index is 1530. The summed E-state index contributed by atoms with van der Waals surface area (Å²) < 4.78 is 38.0. The van der Waals surface area contributed by atoms with E-state index in [1.165, 1.54) is 15.3 Å². The number of halogens is 4. The first-order valence-corrected chi connectivity index (χ1v) is 11.4. The molecule has 8 nitrogen and oxygen atoms in total. The van der Waals surface area contributed by atoms with Crippen LogP contribution in [-0.2, 0) is 7.05 Å². The molecule has 0 radical (unpaired) electrons. The van der Waals surface area contributed by atoms with Crippen LogP contribution in [0.1, 0.15) is 12.8 Å². The van der Waals surface area contributed by atoms with Gasteiger partial charge in [0.05, 0.1) is 23.4 Å². The van der Waals surface area contributed by atoms with E-state index in [1.807, 2.05) is 0 Å². The summed E-state index contributed by atoms with van der Waals surface area (Å²) in [5.74, 6) is -2.87. The first kappa shape index (κ1) is 21.4. The topological polar surface area (TPSA) is 85.5 Å². The number of nitrogens with one attached hydrogen (secondary N) is 2. The van der Waals surface area contributed by atoms with E-state index in [0.29, 0.717) is 45.9 Å². The summed E-state index contributed by atoms with van der Waals surface area (Å²) in [6.07, 6.45) is 2.88. The predicted molar refractivity (Wildman–Crippen MR) is 126 cm³/mol. The molecule has 4 aromatic rings. The number of pyridine rings is 1. The van der Waals surface area contributed by atoms with Crippen LogP contribution in [0.25, 0.3) is 16.6 Å². The number of ether oxygens (including phenoxy) is 1. The van der Waals surface area contributed by atoms with Crippen molar-refractivity contribution in [2.45, 2.75) is 24.8 Å². The lowest BCUT2D eigenvalue weighted by atomic mass is 10.0. The maximum absolute atomic E-state index is 14.8. The molecule has 4 heterocycles. The zero-order valence-electron chi connectivity index (χ0n) is 17.8. The van der Waals surface area contributed by atoms with Crippen LogP contribution in [0, 0.1) is 5.92 Å². The van der Waals surface area contributed by atoms with Crippen LogP contribution in [0.4, 0.5) is 26.0 Å². The van der Waals surface area contributed by atoms with Gasteiger partial charge in [-0.1, -0.05) is 23.2 Å². The Morgan fingerprint density at radius 3 is 2.82 bits per heavy atom. The third-order valence-electron chi connectivity index (χ3n) is 6.28. The summed E-state index contributed by atoms with van der Waals surface area (Å²) in [7, 11) is 1.58. The SMILES string of the molecule is Cn1c(=O)c2c(c3cc(Nc4cc(Cl)nc5c(Cl)cnn45)ccc31)N[C@@H](C1CC1)C(F)(F)CO2. The van der Waals surface area contributed by atoms with Crippen molar-refractivity contribution in [1.29, 1.82) is 0 Å². The molecule has 1 saturated carbocycles. The van der Waals surface area contributed by atoms with Gasteiger partial charge < -0.3 is 19.9 Å². The number of alkyl halides is 2. The van der Waals surface area contributed by atoms with E-state index < -0.39 is 24.1 Å². The summed E-state index contributed by atoms with van der Waals surface area (Å²) in [6, 6.07) is 5.76. The Labute approximate surface area is 201 Å². The molecule has 0 saturated heterocycles. The Balaban J connectivity index is 1.50. The second kappa shape index (κ2) is 7.44. The van der Waals surface area contributed by atoms with E-state index in [2.05, 4.69) is 20.7 Å². The van der Waals surface area contributed by atoms with E-state index >= 15 is 0 Å². The molecule has 3 aromatic heterocycles. The lowest BCUT2D eigenvalue weighted by Crippen LogP contribution is -2.44. The molecule has 0 unspecified atom stereocenters. The normalized spacial score (nSPS) is 19.4. The number of fused-ring (bicyclic) bond motifs is 4. The smallest absolute Gasteiger partial charge is 0.301 e. The summed E-state index contributed by atoms with van der Waals surface area (Å²) in [6.45, 7) is -0.847. The molecule has 2 N–H and O–H groups in total. The number of anilines is 3. The molecule has 1 aromatic carbocycles. The van der Waals surface area contributed by atoms with Gasteiger partial charge >= 0.3 is 5.92 Å². The van der Waals surface area contributed by atoms with Gasteiger partial charge in [0.1, 0.15) is 16.0 Å². The number of aryl methyl sites for hydroxylation is 1. The minimum atomic E-state index is -3.11. The van der Waals surface area contributed by atoms with Gasteiger partial charge in [0.25, 0.3) is 5.56 Å². The Morgan fingerprint density at radius 1 is 1.26 bits per heavy atom. The zero-order chi connectivity index (χ0) is 23.8. The van der Waals surface area contributed by atoms with Crippen LogP contribution in [0.3, 0.4) is 0 Å². The standard InChI is InChI=1S/C22H18Cl2F2N6O2/c1-31-14-5-4-11(28-16-7-15(24)29-20-13(23)8-27-32(16)20)6-12(14)17-18(21(31)33)34-9-22(25,26)19(30-17)10-2-3-10/h4-8,10,19,28,30H,2-3,9H2,1H3/t19-/m0/s1. The van der Waals surface area contributed by atoms with Crippen LogP contribution in [0.2, 0.25) is 10.2 Å². The average Bonchev–Trinajstić information content (AvgIpc) is 3.58. The highest BCUT2D eigenvalue weighted by atomic mass is 35.5. The highest BCUT2D eigenvalue weighted by Gasteiger charge is 2.51. The van der Waals surface area contributed by atoms with Crippen LogP contribution in [0.5, 0.6) is 5.75 Å². The lowest BCUT2D eigenvalue weighted by Gasteiger charge is -2.25. The Morgan fingerprint density at radius 2 is 2.06 bits per heavy atom. The molecule has 6 rings (SSSR count). The minimum Gasteiger partial charge on any atom is -0.480 e. The van der Waals surface area contributed by atoms with Crippen molar-refractivity contribution in [2.75, 3.05) is 17.2 Å². The number of rotatable bonds is 3. The van der Waals surface area contributed by atoms with Gasteiger partial charge in [-0.15, -0.1) is 0 Å². The predicted octanol–water partition coefficient (Wildman–Crippen LogP) is 4.85. The summed E-state index contributed by atoms with van der Waals surface area (Å²) in [5.41, 5.74) is 1.38. The molecule has 1 aliphatic carbocycles. The monoisotopic (exact) mass is 506 g/mol. The van der Waals surface area contributed by atoms with Crippen LogP contribution < -0.4 is 20.9 Å². The van der Waals surface area contributed by atoms with Gasteiger partial charge in [-0.05, 0) is 37.0 Å².